The van der Waals surface area contributed by atoms with Crippen molar-refractivity contribution in [3.8, 4) is 0 Å². The zero-order valence-corrected chi connectivity index (χ0v) is 25.9. The molecule has 3 aliphatic rings. The fraction of sp³-hybridized carbons (Fsp3) is 0.625. The van der Waals surface area contributed by atoms with Crippen LogP contribution in [0.2, 0.25) is 0 Å². The number of anilines is 3. The van der Waals surface area contributed by atoms with E-state index in [1.54, 1.807) is 29.2 Å². The summed E-state index contributed by atoms with van der Waals surface area (Å²) in [7, 11) is 5.73. The molecule has 2 atom stereocenters. The monoisotopic (exact) mass is 615 g/mol. The molecule has 1 aromatic carbocycles. The fourth-order valence-electron chi connectivity index (χ4n) is 6.85. The van der Waals surface area contributed by atoms with Crippen LogP contribution in [0.15, 0.2) is 30.5 Å². The molecule has 5 rings (SSSR count). The van der Waals surface area contributed by atoms with Crippen LogP contribution in [0.1, 0.15) is 80.1 Å². The molecule has 44 heavy (non-hydrogen) atoms. The van der Waals surface area contributed by atoms with Gasteiger partial charge in [-0.15, -0.1) is 0 Å². The Morgan fingerprint density at radius 2 is 1.55 bits per heavy atom. The molecule has 9 nitrogen and oxygen atoms in total. The molecule has 2 amide bonds. The highest BCUT2D eigenvalue weighted by molar-refractivity contribution is 5.94. The molecule has 12 heteroatoms. The van der Waals surface area contributed by atoms with E-state index < -0.39 is 23.7 Å². The first-order valence-electron chi connectivity index (χ1n) is 15.8. The van der Waals surface area contributed by atoms with Crippen molar-refractivity contribution >= 4 is 29.3 Å². The minimum absolute atomic E-state index is 0.0102. The van der Waals surface area contributed by atoms with E-state index >= 15 is 0 Å². The lowest BCUT2D eigenvalue weighted by molar-refractivity contribution is -0.137. The molecule has 1 saturated heterocycles. The van der Waals surface area contributed by atoms with Gasteiger partial charge in [0.05, 0.1) is 5.92 Å². The number of amides is 2. The van der Waals surface area contributed by atoms with Gasteiger partial charge in [0, 0.05) is 49.7 Å². The smallest absolute Gasteiger partial charge is 0.366 e. The number of rotatable bonds is 8. The molecule has 0 radical (unpaired) electrons. The number of aromatic nitrogens is 2. The maximum absolute atomic E-state index is 14.0. The van der Waals surface area contributed by atoms with Crippen LogP contribution in [0.5, 0.6) is 0 Å². The molecule has 0 bridgehead atoms. The quantitative estimate of drug-likeness (QED) is 0.389. The van der Waals surface area contributed by atoms with Gasteiger partial charge in [-0.3, -0.25) is 9.59 Å². The summed E-state index contributed by atoms with van der Waals surface area (Å²) >= 11 is 0. The SMILES string of the molecule is CN1CCC(N(C)C(=O)c2ccc(Nc3ncc(C(F)(F)F)c(N[C@@H]4CCC[C@@H]4C(=O)N(C)C4CCCCC4)n3)cc2)CC1. The minimum atomic E-state index is -4.67. The molecule has 3 fully saturated rings. The number of nitrogens with one attached hydrogen (secondary N) is 2. The standard InChI is InChI=1S/C32H44F3N7O2/c1-40-18-16-24(17-19-40)41(2)29(43)21-12-14-22(15-13-21)37-31-36-20-26(32(33,34)35)28(39-31)38-27-11-7-10-25(27)30(44)42(3)23-8-5-4-6-9-23/h12-15,20,23-25,27H,4-11,16-19H2,1-3H3,(H2,36,37,38,39)/t25-,27+/m0/s1. The maximum atomic E-state index is 14.0. The highest BCUT2D eigenvalue weighted by Gasteiger charge is 2.40. The third-order valence-corrected chi connectivity index (χ3v) is 9.66. The van der Waals surface area contributed by atoms with Gasteiger partial charge in [-0.05, 0) is 82.9 Å². The summed E-state index contributed by atoms with van der Waals surface area (Å²) in [6, 6.07) is 6.69. The van der Waals surface area contributed by atoms with Crippen LogP contribution in [-0.4, -0.2) is 88.8 Å². The lowest BCUT2D eigenvalue weighted by atomic mass is 9.92. The van der Waals surface area contributed by atoms with E-state index in [4.69, 9.17) is 0 Å². The molecular formula is C32H44F3N7O2. The van der Waals surface area contributed by atoms with E-state index in [2.05, 4.69) is 32.5 Å². The number of hydrogen-bond acceptors (Lipinski definition) is 7. The van der Waals surface area contributed by atoms with Crippen molar-refractivity contribution in [2.45, 2.75) is 88.5 Å². The van der Waals surface area contributed by atoms with Crippen LogP contribution in [0.25, 0.3) is 0 Å². The number of hydrogen-bond donors (Lipinski definition) is 2. The lowest BCUT2D eigenvalue weighted by Crippen LogP contribution is -2.45. The van der Waals surface area contributed by atoms with Crippen molar-refractivity contribution < 1.29 is 22.8 Å². The Hall–Kier alpha value is -3.41. The maximum Gasteiger partial charge on any atom is 0.421 e. The van der Waals surface area contributed by atoms with Crippen molar-refractivity contribution in [2.75, 3.05) is 44.9 Å². The Morgan fingerprint density at radius 3 is 2.20 bits per heavy atom. The normalized spacial score (nSPS) is 22.0. The number of benzene rings is 1. The summed E-state index contributed by atoms with van der Waals surface area (Å²) in [6.07, 6.45) is 5.21. The predicted octanol–water partition coefficient (Wildman–Crippen LogP) is 5.78. The molecule has 1 aromatic heterocycles. The number of carbonyl (C=O) groups is 2. The largest absolute Gasteiger partial charge is 0.421 e. The zero-order chi connectivity index (χ0) is 31.4. The Bertz CT molecular complexity index is 1290. The molecular weight excluding hydrogens is 571 g/mol. The highest BCUT2D eigenvalue weighted by Crippen LogP contribution is 2.37. The summed E-state index contributed by atoms with van der Waals surface area (Å²) < 4.78 is 42.0. The van der Waals surface area contributed by atoms with Crippen molar-refractivity contribution in [3.63, 3.8) is 0 Å². The van der Waals surface area contributed by atoms with Gasteiger partial charge in [0.25, 0.3) is 5.91 Å². The van der Waals surface area contributed by atoms with Crippen LogP contribution in [0, 0.1) is 5.92 Å². The van der Waals surface area contributed by atoms with Gasteiger partial charge in [0.1, 0.15) is 11.4 Å². The number of alkyl halides is 3. The zero-order valence-electron chi connectivity index (χ0n) is 25.9. The third-order valence-electron chi connectivity index (χ3n) is 9.66. The molecule has 2 aromatic rings. The molecule has 2 aliphatic carbocycles. The molecule has 2 heterocycles. The summed E-state index contributed by atoms with van der Waals surface area (Å²) in [5, 5.41) is 5.96. The second-order valence-corrected chi connectivity index (χ2v) is 12.6. The van der Waals surface area contributed by atoms with Gasteiger partial charge in [0.2, 0.25) is 11.9 Å². The average molecular weight is 616 g/mol. The first-order valence-corrected chi connectivity index (χ1v) is 15.8. The minimum Gasteiger partial charge on any atom is -0.366 e. The van der Waals surface area contributed by atoms with Gasteiger partial charge in [-0.2, -0.15) is 18.2 Å². The van der Waals surface area contributed by atoms with E-state index in [-0.39, 0.29) is 35.7 Å². The van der Waals surface area contributed by atoms with Crippen molar-refractivity contribution in [1.29, 1.82) is 0 Å². The lowest BCUT2D eigenvalue weighted by Gasteiger charge is -2.35. The summed E-state index contributed by atoms with van der Waals surface area (Å²) in [5.74, 6) is -0.843. The van der Waals surface area contributed by atoms with Gasteiger partial charge in [0.15, 0.2) is 0 Å². The van der Waals surface area contributed by atoms with Crippen LogP contribution >= 0.6 is 0 Å². The number of piperidine rings is 1. The molecule has 2 N–H and O–H groups in total. The van der Waals surface area contributed by atoms with Gasteiger partial charge < -0.3 is 25.3 Å². The highest BCUT2D eigenvalue weighted by atomic mass is 19.4. The van der Waals surface area contributed by atoms with Gasteiger partial charge in [-0.25, -0.2) is 4.98 Å². The van der Waals surface area contributed by atoms with E-state index in [0.717, 1.165) is 64.2 Å². The summed E-state index contributed by atoms with van der Waals surface area (Å²) in [6.45, 7) is 1.90. The summed E-state index contributed by atoms with van der Waals surface area (Å²) in [4.78, 5) is 40.5. The van der Waals surface area contributed by atoms with E-state index in [9.17, 15) is 22.8 Å². The first-order chi connectivity index (χ1) is 21.0. The Kier molecular flexibility index (Phi) is 9.97. The number of halogens is 3. The average Bonchev–Trinajstić information content (AvgIpc) is 3.48. The van der Waals surface area contributed by atoms with Crippen molar-refractivity contribution in [1.82, 2.24) is 24.7 Å². The Labute approximate surface area is 257 Å². The van der Waals surface area contributed by atoms with Crippen molar-refractivity contribution in [3.05, 3.63) is 41.6 Å². The molecule has 2 saturated carbocycles. The third kappa shape index (κ3) is 7.44. The molecule has 240 valence electrons. The van der Waals surface area contributed by atoms with E-state index in [1.165, 1.54) is 6.42 Å². The van der Waals surface area contributed by atoms with E-state index in [0.29, 0.717) is 24.1 Å². The molecule has 0 spiro atoms. The van der Waals surface area contributed by atoms with Gasteiger partial charge in [-0.1, -0.05) is 25.7 Å². The number of likely N-dealkylation sites (tertiary alicyclic amines) is 1. The molecule has 0 unspecified atom stereocenters. The Balaban J connectivity index is 1.27. The topological polar surface area (TPSA) is 93.7 Å². The van der Waals surface area contributed by atoms with Crippen molar-refractivity contribution in [2.24, 2.45) is 5.92 Å². The van der Waals surface area contributed by atoms with Gasteiger partial charge >= 0.3 is 6.18 Å². The summed E-state index contributed by atoms with van der Waals surface area (Å²) in [5.41, 5.74) is 0.0970. The Morgan fingerprint density at radius 1 is 0.886 bits per heavy atom. The second-order valence-electron chi connectivity index (χ2n) is 12.6. The van der Waals surface area contributed by atoms with Crippen LogP contribution in [0.4, 0.5) is 30.6 Å². The fourth-order valence-corrected chi connectivity index (χ4v) is 6.85. The van der Waals surface area contributed by atoms with Crippen LogP contribution < -0.4 is 10.6 Å². The first kappa shape index (κ1) is 32.0. The number of carbonyl (C=O) groups excluding carboxylic acids is 2. The predicted molar refractivity (Wildman–Crippen MR) is 164 cm³/mol. The van der Waals surface area contributed by atoms with Crippen LogP contribution in [0.3, 0.4) is 0 Å². The number of nitrogens with zero attached hydrogens (tertiary/aromatic N) is 5. The van der Waals surface area contributed by atoms with Crippen LogP contribution in [-0.2, 0) is 11.0 Å². The van der Waals surface area contributed by atoms with E-state index in [1.807, 2.05) is 19.0 Å². The molecule has 1 aliphatic heterocycles. The second kappa shape index (κ2) is 13.7.